The van der Waals surface area contributed by atoms with E-state index in [-0.39, 0.29) is 0 Å². The Labute approximate surface area is 79.7 Å². The number of hydrogen-bond acceptors (Lipinski definition) is 3. The van der Waals surface area contributed by atoms with Gasteiger partial charge in [-0.2, -0.15) is 5.26 Å². The molecule has 0 amide bonds. The summed E-state index contributed by atoms with van der Waals surface area (Å²) in [6, 6.07) is 0. The highest BCUT2D eigenvalue weighted by Gasteiger charge is 2.07. The standard InChI is InChI=1S/C8H17N5/c1-10-5-6-13(4)8(11-7-9)12(2)3/h10H,5-6H2,1-4H3. The molecule has 0 bridgehead atoms. The zero-order valence-corrected chi connectivity index (χ0v) is 8.70. The first kappa shape index (κ1) is 11.7. The maximum atomic E-state index is 8.45. The SMILES string of the molecule is CNCCN(C)C(=NC#N)N(C)C. The second-order valence-corrected chi connectivity index (χ2v) is 2.93. The Morgan fingerprint density at radius 3 is 2.46 bits per heavy atom. The smallest absolute Gasteiger partial charge is 0.211 e. The molecular weight excluding hydrogens is 166 g/mol. The van der Waals surface area contributed by atoms with Crippen molar-refractivity contribution in [1.29, 1.82) is 5.26 Å². The number of aliphatic imine (C=N–C) groups is 1. The molecule has 0 radical (unpaired) electrons. The van der Waals surface area contributed by atoms with E-state index in [0.29, 0.717) is 5.96 Å². The third-order valence-electron chi connectivity index (χ3n) is 1.59. The topological polar surface area (TPSA) is 54.7 Å². The highest BCUT2D eigenvalue weighted by atomic mass is 15.3. The number of nitriles is 1. The number of nitrogens with one attached hydrogen (secondary N) is 1. The minimum absolute atomic E-state index is 0.678. The summed E-state index contributed by atoms with van der Waals surface area (Å²) >= 11 is 0. The molecule has 5 nitrogen and oxygen atoms in total. The van der Waals surface area contributed by atoms with Crippen LogP contribution >= 0.6 is 0 Å². The Bertz CT molecular complexity index is 203. The van der Waals surface area contributed by atoms with Crippen LogP contribution in [-0.2, 0) is 0 Å². The van der Waals surface area contributed by atoms with E-state index < -0.39 is 0 Å². The van der Waals surface area contributed by atoms with Crippen molar-refractivity contribution in [3.8, 4) is 6.19 Å². The number of guanidine groups is 1. The van der Waals surface area contributed by atoms with E-state index in [1.165, 1.54) is 0 Å². The molecule has 0 saturated heterocycles. The van der Waals surface area contributed by atoms with Gasteiger partial charge in [0, 0.05) is 34.2 Å². The first-order chi connectivity index (χ1) is 6.13. The Balaban J connectivity index is 4.23. The highest BCUT2D eigenvalue weighted by Crippen LogP contribution is 1.90. The Morgan fingerprint density at radius 1 is 1.46 bits per heavy atom. The number of hydrogen-bond donors (Lipinski definition) is 1. The fraction of sp³-hybridized carbons (Fsp3) is 0.750. The van der Waals surface area contributed by atoms with Gasteiger partial charge in [-0.25, -0.2) is 0 Å². The Kier molecular flexibility index (Phi) is 5.64. The lowest BCUT2D eigenvalue weighted by Crippen LogP contribution is -2.40. The monoisotopic (exact) mass is 183 g/mol. The summed E-state index contributed by atoms with van der Waals surface area (Å²) in [6.07, 6.45) is 1.79. The van der Waals surface area contributed by atoms with Crippen molar-refractivity contribution < 1.29 is 0 Å². The summed E-state index contributed by atoms with van der Waals surface area (Å²) in [4.78, 5) is 7.47. The van der Waals surface area contributed by atoms with Gasteiger partial charge in [0.15, 0.2) is 0 Å². The molecule has 0 aromatic heterocycles. The van der Waals surface area contributed by atoms with Crippen molar-refractivity contribution in [3.05, 3.63) is 0 Å². The molecule has 1 N–H and O–H groups in total. The molecule has 5 heteroatoms. The van der Waals surface area contributed by atoms with Crippen molar-refractivity contribution in [2.75, 3.05) is 41.3 Å². The van der Waals surface area contributed by atoms with Crippen molar-refractivity contribution >= 4 is 5.96 Å². The van der Waals surface area contributed by atoms with Crippen molar-refractivity contribution in [1.82, 2.24) is 15.1 Å². The predicted molar refractivity (Wildman–Crippen MR) is 53.3 cm³/mol. The lowest BCUT2D eigenvalue weighted by molar-refractivity contribution is 0.422. The van der Waals surface area contributed by atoms with Crippen LogP contribution in [0.5, 0.6) is 0 Å². The van der Waals surface area contributed by atoms with Crippen LogP contribution in [0.1, 0.15) is 0 Å². The second-order valence-electron chi connectivity index (χ2n) is 2.93. The average Bonchev–Trinajstić information content (AvgIpc) is 2.09. The molecule has 0 fully saturated rings. The van der Waals surface area contributed by atoms with Crippen LogP contribution in [0.3, 0.4) is 0 Å². The third-order valence-corrected chi connectivity index (χ3v) is 1.59. The Hall–Kier alpha value is -1.28. The van der Waals surface area contributed by atoms with Gasteiger partial charge in [-0.05, 0) is 7.05 Å². The van der Waals surface area contributed by atoms with Gasteiger partial charge in [0.1, 0.15) is 0 Å². The van der Waals surface area contributed by atoms with Crippen molar-refractivity contribution in [2.45, 2.75) is 0 Å². The normalized spacial score (nSPS) is 10.8. The van der Waals surface area contributed by atoms with Crippen LogP contribution in [0.4, 0.5) is 0 Å². The lowest BCUT2D eigenvalue weighted by Gasteiger charge is -2.25. The molecule has 0 aliphatic rings. The van der Waals surface area contributed by atoms with Crippen molar-refractivity contribution in [2.24, 2.45) is 4.99 Å². The summed E-state index contributed by atoms with van der Waals surface area (Å²) < 4.78 is 0. The molecule has 0 rings (SSSR count). The van der Waals surface area contributed by atoms with Crippen LogP contribution in [0, 0.1) is 11.5 Å². The van der Waals surface area contributed by atoms with E-state index >= 15 is 0 Å². The summed E-state index contributed by atoms with van der Waals surface area (Å²) in [5, 5.41) is 11.5. The quantitative estimate of drug-likeness (QED) is 0.365. The molecule has 0 aromatic rings. The zero-order chi connectivity index (χ0) is 10.3. The van der Waals surface area contributed by atoms with Gasteiger partial charge < -0.3 is 15.1 Å². The van der Waals surface area contributed by atoms with Gasteiger partial charge in [-0.3, -0.25) is 0 Å². The van der Waals surface area contributed by atoms with Gasteiger partial charge in [-0.15, -0.1) is 4.99 Å². The second kappa shape index (κ2) is 6.26. The lowest BCUT2D eigenvalue weighted by atomic mass is 10.5. The van der Waals surface area contributed by atoms with E-state index in [9.17, 15) is 0 Å². The summed E-state index contributed by atoms with van der Waals surface area (Å²) in [6.45, 7) is 1.70. The maximum absolute atomic E-state index is 8.45. The molecule has 0 saturated carbocycles. The number of rotatable bonds is 3. The van der Waals surface area contributed by atoms with E-state index in [1.54, 1.807) is 6.19 Å². The first-order valence-electron chi connectivity index (χ1n) is 4.13. The van der Waals surface area contributed by atoms with E-state index in [1.807, 2.05) is 38.0 Å². The Morgan fingerprint density at radius 2 is 2.08 bits per heavy atom. The van der Waals surface area contributed by atoms with Gasteiger partial charge in [0.25, 0.3) is 0 Å². The number of nitrogens with zero attached hydrogens (tertiary/aromatic N) is 4. The predicted octanol–water partition coefficient (Wildman–Crippen LogP) is -0.464. The molecule has 0 aromatic carbocycles. The van der Waals surface area contributed by atoms with Crippen LogP contribution in [0.25, 0.3) is 0 Å². The molecule has 0 heterocycles. The van der Waals surface area contributed by atoms with Gasteiger partial charge >= 0.3 is 0 Å². The molecule has 0 aliphatic heterocycles. The largest absolute Gasteiger partial charge is 0.348 e. The van der Waals surface area contributed by atoms with Gasteiger partial charge in [-0.1, -0.05) is 0 Å². The third kappa shape index (κ3) is 4.33. The fourth-order valence-electron chi connectivity index (χ4n) is 0.951. The molecule has 74 valence electrons. The van der Waals surface area contributed by atoms with Crippen molar-refractivity contribution in [3.63, 3.8) is 0 Å². The fourth-order valence-corrected chi connectivity index (χ4v) is 0.951. The summed E-state index contributed by atoms with van der Waals surface area (Å²) in [7, 11) is 7.54. The average molecular weight is 183 g/mol. The minimum Gasteiger partial charge on any atom is -0.348 e. The summed E-state index contributed by atoms with van der Waals surface area (Å²) in [5.74, 6) is 0.678. The molecular formula is C8H17N5. The summed E-state index contributed by atoms with van der Waals surface area (Å²) in [5.41, 5.74) is 0. The zero-order valence-electron chi connectivity index (χ0n) is 8.70. The van der Waals surface area contributed by atoms with Crippen LogP contribution < -0.4 is 5.32 Å². The maximum Gasteiger partial charge on any atom is 0.211 e. The molecule has 0 atom stereocenters. The van der Waals surface area contributed by atoms with E-state index in [0.717, 1.165) is 13.1 Å². The first-order valence-corrected chi connectivity index (χ1v) is 4.13. The molecule has 0 spiro atoms. The van der Waals surface area contributed by atoms with Crippen LogP contribution in [0.2, 0.25) is 0 Å². The van der Waals surface area contributed by atoms with Gasteiger partial charge in [0.05, 0.1) is 0 Å². The van der Waals surface area contributed by atoms with Crippen LogP contribution in [-0.4, -0.2) is 57.0 Å². The van der Waals surface area contributed by atoms with E-state index in [4.69, 9.17) is 5.26 Å². The molecule has 13 heavy (non-hydrogen) atoms. The van der Waals surface area contributed by atoms with Gasteiger partial charge in [0.2, 0.25) is 12.2 Å². The van der Waals surface area contributed by atoms with Crippen LogP contribution in [0.15, 0.2) is 4.99 Å². The number of likely N-dealkylation sites (N-methyl/N-ethyl adjacent to an activating group) is 2. The highest BCUT2D eigenvalue weighted by molar-refractivity contribution is 5.80. The molecule has 0 aliphatic carbocycles. The minimum atomic E-state index is 0.678. The van der Waals surface area contributed by atoms with E-state index in [2.05, 4.69) is 10.3 Å². The molecule has 0 unspecified atom stereocenters.